The summed E-state index contributed by atoms with van der Waals surface area (Å²) in [6.07, 6.45) is 3.63. The summed E-state index contributed by atoms with van der Waals surface area (Å²) in [6.45, 7) is 3.54. The van der Waals surface area contributed by atoms with Crippen LogP contribution < -0.4 is 0 Å². The van der Waals surface area contributed by atoms with E-state index >= 15 is 0 Å². The molecule has 0 atom stereocenters. The van der Waals surface area contributed by atoms with Crippen LogP contribution in [0, 0.1) is 11.3 Å². The van der Waals surface area contributed by atoms with E-state index in [2.05, 4.69) is 35.2 Å². The minimum absolute atomic E-state index is 0.682. The SMILES string of the molecule is N#Cc1ccc(-c2ccc3cc(CCN4CCCC4)oc3c2)cc1. The van der Waals surface area contributed by atoms with Gasteiger partial charge < -0.3 is 9.32 Å². The van der Waals surface area contributed by atoms with E-state index in [1.807, 2.05) is 24.3 Å². The molecule has 1 saturated heterocycles. The molecule has 1 aliphatic rings. The summed E-state index contributed by atoms with van der Waals surface area (Å²) in [5.41, 5.74) is 3.84. The fourth-order valence-electron chi connectivity index (χ4n) is 3.40. The van der Waals surface area contributed by atoms with Crippen LogP contribution in [0.25, 0.3) is 22.1 Å². The zero-order valence-electron chi connectivity index (χ0n) is 13.7. The molecule has 0 bridgehead atoms. The summed E-state index contributed by atoms with van der Waals surface area (Å²) in [4.78, 5) is 2.51. The Labute approximate surface area is 142 Å². The number of nitrogens with zero attached hydrogens (tertiary/aromatic N) is 2. The van der Waals surface area contributed by atoms with Gasteiger partial charge in [0, 0.05) is 18.4 Å². The molecular formula is C21H20N2O. The molecule has 0 N–H and O–H groups in total. The van der Waals surface area contributed by atoms with Gasteiger partial charge in [0.15, 0.2) is 0 Å². The number of fused-ring (bicyclic) bond motifs is 1. The predicted molar refractivity (Wildman–Crippen MR) is 95.7 cm³/mol. The number of nitriles is 1. The highest BCUT2D eigenvalue weighted by molar-refractivity contribution is 5.83. The number of hydrogen-bond acceptors (Lipinski definition) is 3. The van der Waals surface area contributed by atoms with Crippen LogP contribution in [-0.4, -0.2) is 24.5 Å². The van der Waals surface area contributed by atoms with Gasteiger partial charge >= 0.3 is 0 Å². The lowest BCUT2D eigenvalue weighted by Crippen LogP contribution is -2.21. The van der Waals surface area contributed by atoms with E-state index in [4.69, 9.17) is 9.68 Å². The highest BCUT2D eigenvalue weighted by Gasteiger charge is 2.12. The topological polar surface area (TPSA) is 40.2 Å². The van der Waals surface area contributed by atoms with E-state index in [9.17, 15) is 0 Å². The molecule has 2 aromatic carbocycles. The van der Waals surface area contributed by atoms with E-state index < -0.39 is 0 Å². The third-order valence-corrected chi connectivity index (χ3v) is 4.79. The molecule has 24 heavy (non-hydrogen) atoms. The Morgan fingerprint density at radius 2 is 1.71 bits per heavy atom. The third kappa shape index (κ3) is 3.06. The van der Waals surface area contributed by atoms with Crippen molar-refractivity contribution in [3.8, 4) is 17.2 Å². The normalized spacial score (nSPS) is 15.0. The van der Waals surface area contributed by atoms with Crippen molar-refractivity contribution in [2.45, 2.75) is 19.3 Å². The highest BCUT2D eigenvalue weighted by Crippen LogP contribution is 2.27. The third-order valence-electron chi connectivity index (χ3n) is 4.79. The van der Waals surface area contributed by atoms with Crippen LogP contribution in [0.1, 0.15) is 24.2 Å². The van der Waals surface area contributed by atoms with Gasteiger partial charge in [-0.3, -0.25) is 0 Å². The van der Waals surface area contributed by atoms with E-state index in [1.54, 1.807) is 0 Å². The van der Waals surface area contributed by atoms with Gasteiger partial charge in [-0.25, -0.2) is 0 Å². The smallest absolute Gasteiger partial charge is 0.134 e. The molecule has 3 nitrogen and oxygen atoms in total. The molecular weight excluding hydrogens is 296 g/mol. The van der Waals surface area contributed by atoms with Crippen molar-refractivity contribution in [2.75, 3.05) is 19.6 Å². The van der Waals surface area contributed by atoms with Gasteiger partial charge in [0.25, 0.3) is 0 Å². The van der Waals surface area contributed by atoms with Gasteiger partial charge in [-0.2, -0.15) is 5.26 Å². The molecule has 3 aromatic rings. The van der Waals surface area contributed by atoms with Gasteiger partial charge in [0.05, 0.1) is 11.6 Å². The van der Waals surface area contributed by atoms with Crippen molar-refractivity contribution in [3.63, 3.8) is 0 Å². The number of rotatable bonds is 4. The summed E-state index contributed by atoms with van der Waals surface area (Å²) < 4.78 is 6.06. The van der Waals surface area contributed by atoms with Crippen molar-refractivity contribution in [3.05, 3.63) is 59.9 Å². The molecule has 2 heterocycles. The second kappa shape index (κ2) is 6.51. The first kappa shape index (κ1) is 15.0. The fourth-order valence-corrected chi connectivity index (χ4v) is 3.40. The maximum Gasteiger partial charge on any atom is 0.134 e. The van der Waals surface area contributed by atoms with Crippen molar-refractivity contribution in [1.29, 1.82) is 5.26 Å². The first-order valence-electron chi connectivity index (χ1n) is 8.57. The Balaban J connectivity index is 1.54. The second-order valence-electron chi connectivity index (χ2n) is 6.45. The standard InChI is InChI=1S/C21H20N2O/c22-15-16-3-5-17(6-4-16)18-7-8-19-13-20(24-21(19)14-18)9-12-23-10-1-2-11-23/h3-8,13-14H,1-2,9-12H2. The number of likely N-dealkylation sites (tertiary alicyclic amines) is 1. The van der Waals surface area contributed by atoms with Crippen LogP contribution in [0.3, 0.4) is 0 Å². The quantitative estimate of drug-likeness (QED) is 0.705. The molecule has 0 amide bonds. The second-order valence-corrected chi connectivity index (χ2v) is 6.45. The monoisotopic (exact) mass is 316 g/mol. The molecule has 3 heteroatoms. The zero-order chi connectivity index (χ0) is 16.4. The van der Waals surface area contributed by atoms with E-state index in [0.717, 1.165) is 40.8 Å². The molecule has 0 saturated carbocycles. The van der Waals surface area contributed by atoms with Crippen molar-refractivity contribution in [2.24, 2.45) is 0 Å². The van der Waals surface area contributed by atoms with Gasteiger partial charge in [-0.1, -0.05) is 24.3 Å². The minimum atomic E-state index is 0.682. The summed E-state index contributed by atoms with van der Waals surface area (Å²) in [5, 5.41) is 10.1. The van der Waals surface area contributed by atoms with Crippen LogP contribution in [-0.2, 0) is 6.42 Å². The summed E-state index contributed by atoms with van der Waals surface area (Å²) in [7, 11) is 0. The minimum Gasteiger partial charge on any atom is -0.461 e. The van der Waals surface area contributed by atoms with E-state index in [-0.39, 0.29) is 0 Å². The fraction of sp³-hybridized carbons (Fsp3) is 0.286. The van der Waals surface area contributed by atoms with Crippen LogP contribution in [0.2, 0.25) is 0 Å². The first-order valence-corrected chi connectivity index (χ1v) is 8.57. The number of benzene rings is 2. The summed E-state index contributed by atoms with van der Waals surface area (Å²) >= 11 is 0. The van der Waals surface area contributed by atoms with Crippen molar-refractivity contribution < 1.29 is 4.42 Å². The lowest BCUT2D eigenvalue weighted by molar-refractivity contribution is 0.333. The Bertz CT molecular complexity index is 880. The molecule has 1 aromatic heterocycles. The molecule has 0 radical (unpaired) electrons. The van der Waals surface area contributed by atoms with Crippen LogP contribution in [0.5, 0.6) is 0 Å². The Hall–Kier alpha value is -2.57. The summed E-state index contributed by atoms with van der Waals surface area (Å²) in [5.74, 6) is 1.06. The Kier molecular flexibility index (Phi) is 4.06. The largest absolute Gasteiger partial charge is 0.461 e. The highest BCUT2D eigenvalue weighted by atomic mass is 16.3. The van der Waals surface area contributed by atoms with E-state index in [0.29, 0.717) is 5.56 Å². The maximum atomic E-state index is 8.90. The van der Waals surface area contributed by atoms with Crippen LogP contribution in [0.4, 0.5) is 0 Å². The number of furan rings is 1. The Morgan fingerprint density at radius 1 is 0.958 bits per heavy atom. The molecule has 4 rings (SSSR count). The molecule has 0 unspecified atom stereocenters. The molecule has 120 valence electrons. The molecule has 0 spiro atoms. The predicted octanol–water partition coefficient (Wildman–Crippen LogP) is 4.61. The van der Waals surface area contributed by atoms with Crippen LogP contribution in [0.15, 0.2) is 52.9 Å². The van der Waals surface area contributed by atoms with Crippen molar-refractivity contribution >= 4 is 11.0 Å². The first-order chi connectivity index (χ1) is 11.8. The average Bonchev–Trinajstić information content (AvgIpc) is 3.28. The van der Waals surface area contributed by atoms with Crippen molar-refractivity contribution in [1.82, 2.24) is 4.90 Å². The number of hydrogen-bond donors (Lipinski definition) is 0. The lowest BCUT2D eigenvalue weighted by atomic mass is 10.0. The summed E-state index contributed by atoms with van der Waals surface area (Å²) in [6, 6.07) is 18.3. The van der Waals surface area contributed by atoms with Gasteiger partial charge in [0.2, 0.25) is 0 Å². The Morgan fingerprint density at radius 3 is 2.46 bits per heavy atom. The molecule has 0 aliphatic carbocycles. The van der Waals surface area contributed by atoms with E-state index in [1.165, 1.54) is 25.9 Å². The van der Waals surface area contributed by atoms with Crippen LogP contribution >= 0.6 is 0 Å². The van der Waals surface area contributed by atoms with Gasteiger partial charge in [-0.15, -0.1) is 0 Å². The maximum absolute atomic E-state index is 8.90. The van der Waals surface area contributed by atoms with Gasteiger partial charge in [-0.05, 0) is 61.3 Å². The molecule has 1 aliphatic heterocycles. The average molecular weight is 316 g/mol. The van der Waals surface area contributed by atoms with Gasteiger partial charge in [0.1, 0.15) is 11.3 Å². The lowest BCUT2D eigenvalue weighted by Gasteiger charge is -2.12. The zero-order valence-corrected chi connectivity index (χ0v) is 13.7. The molecule has 1 fully saturated rings.